The largest absolute Gasteiger partial charge is 0.346 e. The smallest absolute Gasteiger partial charge is 0.214 e. The Hall–Kier alpha value is -1.96. The minimum absolute atomic E-state index is 0.0571. The van der Waals surface area contributed by atoms with Crippen LogP contribution in [0.25, 0.3) is 4.96 Å². The Balaban J connectivity index is 1.50. The van der Waals surface area contributed by atoms with Crippen LogP contribution in [0.15, 0.2) is 18.9 Å². The molecule has 3 aromatic heterocycles. The van der Waals surface area contributed by atoms with E-state index in [4.69, 9.17) is 10.1 Å². The van der Waals surface area contributed by atoms with E-state index >= 15 is 0 Å². The van der Waals surface area contributed by atoms with Gasteiger partial charge in [-0.3, -0.25) is 4.68 Å². The summed E-state index contributed by atoms with van der Waals surface area (Å²) in [5.41, 5.74) is 1.15. The molecule has 0 N–H and O–H groups in total. The van der Waals surface area contributed by atoms with Gasteiger partial charge in [0.05, 0.1) is 11.9 Å². The topological polar surface area (TPSA) is 64.1 Å². The van der Waals surface area contributed by atoms with Gasteiger partial charge in [-0.25, -0.2) is 14.5 Å². The fourth-order valence-electron chi connectivity index (χ4n) is 3.16. The van der Waals surface area contributed by atoms with Gasteiger partial charge in [0, 0.05) is 25.0 Å². The Kier molecular flexibility index (Phi) is 3.79. The van der Waals surface area contributed by atoms with Crippen molar-refractivity contribution in [3.63, 3.8) is 0 Å². The molecule has 3 aromatic rings. The standard InChI is InChI=1S/C16H23N7S/c1-16(2,3)13-9-23-14(19-13)24-15(20-23)21-6-4-5-12(7-21)8-22-11-17-10-18-22/h9-12H,4-8H2,1-3H3/t12-/m1/s1. The minimum Gasteiger partial charge on any atom is -0.346 e. The summed E-state index contributed by atoms with van der Waals surface area (Å²) in [7, 11) is 0. The molecule has 1 saturated heterocycles. The van der Waals surface area contributed by atoms with Crippen molar-refractivity contribution in [3.05, 3.63) is 24.5 Å². The van der Waals surface area contributed by atoms with E-state index in [-0.39, 0.29) is 5.41 Å². The van der Waals surface area contributed by atoms with Crippen molar-refractivity contribution in [2.24, 2.45) is 5.92 Å². The molecule has 1 aliphatic rings. The highest BCUT2D eigenvalue weighted by Gasteiger charge is 2.25. The highest BCUT2D eigenvalue weighted by molar-refractivity contribution is 7.20. The Morgan fingerprint density at radius 3 is 2.92 bits per heavy atom. The van der Waals surface area contributed by atoms with Gasteiger partial charge in [-0.1, -0.05) is 32.1 Å². The van der Waals surface area contributed by atoms with Crippen molar-refractivity contribution in [2.75, 3.05) is 18.0 Å². The monoisotopic (exact) mass is 345 g/mol. The SMILES string of the molecule is CC(C)(C)c1cn2nc(N3CCC[C@@H](Cn4cncn4)C3)sc2n1. The zero-order valence-corrected chi connectivity index (χ0v) is 15.2. The Labute approximate surface area is 145 Å². The average Bonchev–Trinajstić information content (AvgIpc) is 3.21. The van der Waals surface area contributed by atoms with Gasteiger partial charge in [0.1, 0.15) is 12.7 Å². The van der Waals surface area contributed by atoms with Crippen molar-refractivity contribution in [1.82, 2.24) is 29.4 Å². The molecule has 7 nitrogen and oxygen atoms in total. The zero-order chi connectivity index (χ0) is 16.7. The Morgan fingerprint density at radius 1 is 1.33 bits per heavy atom. The molecule has 1 atom stereocenters. The summed E-state index contributed by atoms with van der Waals surface area (Å²) in [4.78, 5) is 12.2. The first-order valence-electron chi connectivity index (χ1n) is 8.43. The van der Waals surface area contributed by atoms with Gasteiger partial charge in [-0.05, 0) is 18.8 Å². The first-order chi connectivity index (χ1) is 11.5. The van der Waals surface area contributed by atoms with Crippen molar-refractivity contribution in [1.29, 1.82) is 0 Å². The minimum atomic E-state index is 0.0571. The molecule has 0 unspecified atom stereocenters. The van der Waals surface area contributed by atoms with Gasteiger partial charge in [-0.2, -0.15) is 5.10 Å². The number of nitrogens with zero attached hydrogens (tertiary/aromatic N) is 7. The first-order valence-corrected chi connectivity index (χ1v) is 9.25. The van der Waals surface area contributed by atoms with Gasteiger partial charge >= 0.3 is 0 Å². The van der Waals surface area contributed by atoms with Crippen LogP contribution in [0.2, 0.25) is 0 Å². The molecule has 4 heterocycles. The zero-order valence-electron chi connectivity index (χ0n) is 14.4. The number of anilines is 1. The average molecular weight is 345 g/mol. The van der Waals surface area contributed by atoms with Gasteiger partial charge in [-0.15, -0.1) is 5.10 Å². The second-order valence-electron chi connectivity index (χ2n) is 7.56. The highest BCUT2D eigenvalue weighted by atomic mass is 32.1. The predicted molar refractivity (Wildman–Crippen MR) is 94.5 cm³/mol. The normalized spacial score (nSPS) is 19.3. The molecule has 128 valence electrons. The summed E-state index contributed by atoms with van der Waals surface area (Å²) in [6.45, 7) is 9.55. The van der Waals surface area contributed by atoms with Gasteiger partial charge in [0.2, 0.25) is 10.1 Å². The van der Waals surface area contributed by atoms with E-state index in [0.717, 1.165) is 35.4 Å². The molecule has 0 spiro atoms. The molecule has 0 bridgehead atoms. The molecular formula is C16H23N7S. The second kappa shape index (κ2) is 5.84. The number of imidazole rings is 1. The molecular weight excluding hydrogens is 322 g/mol. The van der Waals surface area contributed by atoms with Crippen LogP contribution >= 0.6 is 11.3 Å². The quantitative estimate of drug-likeness (QED) is 0.730. The number of aromatic nitrogens is 6. The number of piperidine rings is 1. The summed E-state index contributed by atoms with van der Waals surface area (Å²) >= 11 is 1.68. The van der Waals surface area contributed by atoms with Crippen molar-refractivity contribution < 1.29 is 0 Å². The number of fused-ring (bicyclic) bond motifs is 1. The van der Waals surface area contributed by atoms with E-state index in [0.29, 0.717) is 5.92 Å². The maximum Gasteiger partial charge on any atom is 0.214 e. The number of hydrogen-bond acceptors (Lipinski definition) is 6. The summed E-state index contributed by atoms with van der Waals surface area (Å²) < 4.78 is 3.86. The summed E-state index contributed by atoms with van der Waals surface area (Å²) in [5, 5.41) is 10.1. The van der Waals surface area contributed by atoms with Crippen LogP contribution in [0.5, 0.6) is 0 Å². The van der Waals surface area contributed by atoms with Crippen molar-refractivity contribution >= 4 is 21.4 Å². The molecule has 0 aliphatic carbocycles. The van der Waals surface area contributed by atoms with Gasteiger partial charge < -0.3 is 4.90 Å². The molecule has 8 heteroatoms. The number of rotatable bonds is 3. The van der Waals surface area contributed by atoms with Crippen LogP contribution in [-0.4, -0.2) is 42.5 Å². The molecule has 4 rings (SSSR count). The lowest BCUT2D eigenvalue weighted by Crippen LogP contribution is -2.37. The molecule has 0 radical (unpaired) electrons. The van der Waals surface area contributed by atoms with Crippen molar-refractivity contribution in [3.8, 4) is 0 Å². The van der Waals surface area contributed by atoms with Crippen LogP contribution in [-0.2, 0) is 12.0 Å². The predicted octanol–water partition coefficient (Wildman–Crippen LogP) is 2.60. The lowest BCUT2D eigenvalue weighted by molar-refractivity contribution is 0.351. The Bertz CT molecular complexity index is 780. The summed E-state index contributed by atoms with van der Waals surface area (Å²) in [6, 6.07) is 0. The van der Waals surface area contributed by atoms with Crippen LogP contribution in [0.1, 0.15) is 39.3 Å². The lowest BCUT2D eigenvalue weighted by atomic mass is 9.93. The summed E-state index contributed by atoms with van der Waals surface area (Å²) in [5.74, 6) is 0.585. The molecule has 24 heavy (non-hydrogen) atoms. The van der Waals surface area contributed by atoms with Crippen LogP contribution in [0.4, 0.5) is 5.13 Å². The van der Waals surface area contributed by atoms with E-state index < -0.39 is 0 Å². The van der Waals surface area contributed by atoms with Crippen LogP contribution in [0, 0.1) is 5.92 Å². The lowest BCUT2D eigenvalue weighted by Gasteiger charge is -2.32. The van der Waals surface area contributed by atoms with E-state index in [1.165, 1.54) is 12.8 Å². The van der Waals surface area contributed by atoms with Gasteiger partial charge in [0.15, 0.2) is 0 Å². The molecule has 0 amide bonds. The van der Waals surface area contributed by atoms with E-state index in [1.54, 1.807) is 24.0 Å². The first kappa shape index (κ1) is 15.6. The molecule has 1 aliphatic heterocycles. The maximum atomic E-state index is 4.77. The maximum absolute atomic E-state index is 4.77. The fourth-order valence-corrected chi connectivity index (χ4v) is 4.08. The highest BCUT2D eigenvalue weighted by Crippen LogP contribution is 2.30. The fraction of sp³-hybridized carbons (Fsp3) is 0.625. The molecule has 0 saturated carbocycles. The third-order valence-electron chi connectivity index (χ3n) is 4.50. The summed E-state index contributed by atoms with van der Waals surface area (Å²) in [6.07, 6.45) is 7.88. The third kappa shape index (κ3) is 3.02. The van der Waals surface area contributed by atoms with Crippen LogP contribution in [0.3, 0.4) is 0 Å². The molecule has 1 fully saturated rings. The van der Waals surface area contributed by atoms with Gasteiger partial charge in [0.25, 0.3) is 0 Å². The van der Waals surface area contributed by atoms with E-state index in [9.17, 15) is 0 Å². The second-order valence-corrected chi connectivity index (χ2v) is 8.49. The van der Waals surface area contributed by atoms with Crippen LogP contribution < -0.4 is 4.90 Å². The van der Waals surface area contributed by atoms with Crippen molar-refractivity contribution in [2.45, 2.75) is 45.6 Å². The van der Waals surface area contributed by atoms with E-state index in [1.807, 2.05) is 9.20 Å². The third-order valence-corrected chi connectivity index (χ3v) is 5.49. The Morgan fingerprint density at radius 2 is 2.21 bits per heavy atom. The molecule has 0 aromatic carbocycles. The van der Waals surface area contributed by atoms with E-state index in [2.05, 4.69) is 42.0 Å². The number of hydrogen-bond donors (Lipinski definition) is 0.